The van der Waals surface area contributed by atoms with Gasteiger partial charge < -0.3 is 14.7 Å². The molecule has 3 aromatic rings. The monoisotopic (exact) mass is 588 g/mol. The largest absolute Gasteiger partial charge is 0.492 e. The van der Waals surface area contributed by atoms with Crippen molar-refractivity contribution in [3.8, 4) is 17.0 Å². The van der Waals surface area contributed by atoms with Gasteiger partial charge in [-0.2, -0.15) is 0 Å². The molecule has 1 amide bonds. The molecule has 2 aromatic heterocycles. The van der Waals surface area contributed by atoms with Gasteiger partial charge in [0.15, 0.2) is 16.7 Å². The second kappa shape index (κ2) is 12.0. The van der Waals surface area contributed by atoms with Gasteiger partial charge in [0.1, 0.15) is 11.5 Å². The highest BCUT2D eigenvalue weighted by molar-refractivity contribution is 7.16. The summed E-state index contributed by atoms with van der Waals surface area (Å²) < 4.78 is 19.8. The van der Waals surface area contributed by atoms with E-state index in [1.54, 1.807) is 6.07 Å². The highest BCUT2D eigenvalue weighted by Crippen LogP contribution is 2.38. The van der Waals surface area contributed by atoms with Crippen molar-refractivity contribution in [3.63, 3.8) is 0 Å². The Balaban J connectivity index is 1.34. The molecule has 1 aromatic carbocycles. The van der Waals surface area contributed by atoms with Crippen LogP contribution in [0.1, 0.15) is 48.0 Å². The highest BCUT2D eigenvalue weighted by atomic mass is 35.5. The number of amides is 1. The number of nitrogens with one attached hydrogen (secondary N) is 1. The van der Waals surface area contributed by atoms with Crippen LogP contribution in [-0.4, -0.2) is 69.6 Å². The molecule has 0 unspecified atom stereocenters. The molecule has 40 heavy (non-hydrogen) atoms. The third-order valence-electron chi connectivity index (χ3n) is 7.47. The standard InChI is InChI=1S/C27H30ClFN6O4S/c1-15-4-3-7-35(15)14-21-23(17-10-18(28)24(39-2)19(29)11-17)32-27(40-21)33-25(36)20-12-31-22(13-30-20)34-8-5-16(6-9-34)26(37)38/h10-13,15-16H,3-9,14H2,1-2H3,(H,37,38)(H,32,33,36)/t15-/m1/s1. The molecule has 5 rings (SSSR count). The van der Waals surface area contributed by atoms with E-state index in [2.05, 4.69) is 32.1 Å². The summed E-state index contributed by atoms with van der Waals surface area (Å²) in [4.78, 5) is 42.7. The molecule has 2 N–H and O–H groups in total. The number of methoxy groups -OCH3 is 1. The number of hydrogen-bond acceptors (Lipinski definition) is 9. The fourth-order valence-corrected chi connectivity index (χ4v) is 6.45. The number of likely N-dealkylation sites (tertiary alicyclic amines) is 1. The number of nitrogens with zero attached hydrogens (tertiary/aromatic N) is 5. The van der Waals surface area contributed by atoms with Gasteiger partial charge in [-0.1, -0.05) is 22.9 Å². The van der Waals surface area contributed by atoms with E-state index < -0.39 is 17.7 Å². The van der Waals surface area contributed by atoms with Crippen molar-refractivity contribution >= 4 is 45.8 Å². The number of hydrogen-bond donors (Lipinski definition) is 2. The molecule has 0 saturated carbocycles. The van der Waals surface area contributed by atoms with Gasteiger partial charge in [-0.3, -0.25) is 19.8 Å². The number of ether oxygens (including phenoxy) is 1. The van der Waals surface area contributed by atoms with Gasteiger partial charge in [0.25, 0.3) is 5.91 Å². The number of carbonyl (C=O) groups is 2. The van der Waals surface area contributed by atoms with Crippen molar-refractivity contribution in [3.05, 3.63) is 45.9 Å². The minimum absolute atomic E-state index is 0.0304. The lowest BCUT2D eigenvalue weighted by atomic mass is 9.97. The van der Waals surface area contributed by atoms with Crippen LogP contribution >= 0.6 is 22.9 Å². The van der Waals surface area contributed by atoms with E-state index >= 15 is 0 Å². The van der Waals surface area contributed by atoms with Gasteiger partial charge in [-0.15, -0.1) is 0 Å². The maximum atomic E-state index is 14.7. The van der Waals surface area contributed by atoms with Crippen molar-refractivity contribution in [1.82, 2.24) is 19.9 Å². The Bertz CT molecular complexity index is 1370. The molecule has 2 aliphatic rings. The number of carbonyl (C=O) groups excluding carboxylic acids is 1. The van der Waals surface area contributed by atoms with Gasteiger partial charge >= 0.3 is 5.97 Å². The zero-order valence-corrected chi connectivity index (χ0v) is 23.8. The lowest BCUT2D eigenvalue weighted by Gasteiger charge is -2.30. The molecule has 212 valence electrons. The lowest BCUT2D eigenvalue weighted by molar-refractivity contribution is -0.142. The van der Waals surface area contributed by atoms with E-state index in [-0.39, 0.29) is 22.4 Å². The molecule has 13 heteroatoms. The smallest absolute Gasteiger partial charge is 0.306 e. The Morgan fingerprint density at radius 2 is 1.98 bits per heavy atom. The summed E-state index contributed by atoms with van der Waals surface area (Å²) in [7, 11) is 1.36. The Morgan fingerprint density at radius 1 is 1.20 bits per heavy atom. The number of carboxylic acid groups (broad SMARTS) is 1. The van der Waals surface area contributed by atoms with Crippen LogP contribution in [0.3, 0.4) is 0 Å². The number of piperidine rings is 1. The molecule has 2 aliphatic heterocycles. The quantitative estimate of drug-likeness (QED) is 0.377. The van der Waals surface area contributed by atoms with Crippen LogP contribution in [0.5, 0.6) is 5.75 Å². The summed E-state index contributed by atoms with van der Waals surface area (Å²) in [6.07, 6.45) is 6.20. The predicted octanol–water partition coefficient (Wildman–Crippen LogP) is 4.94. The van der Waals surface area contributed by atoms with Gasteiger partial charge in [-0.25, -0.2) is 19.3 Å². The zero-order chi connectivity index (χ0) is 28.4. The summed E-state index contributed by atoms with van der Waals surface area (Å²) in [5, 5.41) is 12.5. The number of aliphatic carboxylic acids is 1. The fraction of sp³-hybridized carbons (Fsp3) is 0.444. The Labute approximate surface area is 240 Å². The number of benzene rings is 1. The van der Waals surface area contributed by atoms with E-state index in [4.69, 9.17) is 16.3 Å². The minimum atomic E-state index is -0.776. The van der Waals surface area contributed by atoms with Crippen LogP contribution in [-0.2, 0) is 11.3 Å². The third-order valence-corrected chi connectivity index (χ3v) is 8.71. The number of rotatable bonds is 8. The summed E-state index contributed by atoms with van der Waals surface area (Å²) in [5.41, 5.74) is 1.17. The van der Waals surface area contributed by atoms with Gasteiger partial charge in [0.05, 0.1) is 36.1 Å². The number of carboxylic acids is 1. The minimum Gasteiger partial charge on any atom is -0.492 e. The first-order chi connectivity index (χ1) is 19.2. The fourth-order valence-electron chi connectivity index (χ4n) is 5.16. The maximum absolute atomic E-state index is 14.7. The molecule has 1 atom stereocenters. The van der Waals surface area contributed by atoms with Gasteiger partial charge in [0.2, 0.25) is 0 Å². The lowest BCUT2D eigenvalue weighted by Crippen LogP contribution is -2.36. The topological polar surface area (TPSA) is 121 Å². The molecule has 2 saturated heterocycles. The molecule has 0 radical (unpaired) electrons. The zero-order valence-electron chi connectivity index (χ0n) is 22.2. The molecule has 4 heterocycles. The Morgan fingerprint density at radius 3 is 2.58 bits per heavy atom. The average Bonchev–Trinajstić information content (AvgIpc) is 3.54. The summed E-state index contributed by atoms with van der Waals surface area (Å²) >= 11 is 7.61. The van der Waals surface area contributed by atoms with Crippen LogP contribution in [0.25, 0.3) is 11.3 Å². The van der Waals surface area contributed by atoms with Crippen LogP contribution in [0.15, 0.2) is 24.5 Å². The normalized spacial score (nSPS) is 18.2. The van der Waals surface area contributed by atoms with Crippen molar-refractivity contribution in [2.24, 2.45) is 5.92 Å². The van der Waals surface area contributed by atoms with Crippen molar-refractivity contribution in [2.45, 2.75) is 45.2 Å². The van der Waals surface area contributed by atoms with E-state index in [0.717, 1.165) is 24.3 Å². The molecular formula is C27H30ClFN6O4S. The van der Waals surface area contributed by atoms with Crippen LogP contribution in [0, 0.1) is 11.7 Å². The number of anilines is 2. The van der Waals surface area contributed by atoms with Crippen LogP contribution in [0.2, 0.25) is 5.02 Å². The first kappa shape index (κ1) is 28.2. The van der Waals surface area contributed by atoms with Crippen molar-refractivity contribution in [1.29, 1.82) is 0 Å². The first-order valence-corrected chi connectivity index (χ1v) is 14.3. The van der Waals surface area contributed by atoms with E-state index in [0.29, 0.717) is 60.7 Å². The Hall–Kier alpha value is -3.35. The average molecular weight is 589 g/mol. The van der Waals surface area contributed by atoms with Crippen molar-refractivity contribution < 1.29 is 23.8 Å². The molecule has 0 spiro atoms. The number of thiazole rings is 1. The molecule has 0 bridgehead atoms. The molecule has 2 fully saturated rings. The molecule has 0 aliphatic carbocycles. The number of aromatic nitrogens is 3. The molecular weight excluding hydrogens is 559 g/mol. The van der Waals surface area contributed by atoms with Crippen LogP contribution in [0.4, 0.5) is 15.3 Å². The predicted molar refractivity (Wildman–Crippen MR) is 151 cm³/mol. The Kier molecular flexibility index (Phi) is 8.48. The first-order valence-electron chi connectivity index (χ1n) is 13.1. The van der Waals surface area contributed by atoms with Crippen molar-refractivity contribution in [2.75, 3.05) is 37.0 Å². The van der Waals surface area contributed by atoms with E-state index in [9.17, 15) is 19.1 Å². The SMILES string of the molecule is COc1c(F)cc(-c2nc(NC(=O)c3cnc(N4CCC(C(=O)O)CC4)cn3)sc2CN2CCC[C@H]2C)cc1Cl. The van der Waals surface area contributed by atoms with Crippen LogP contribution < -0.4 is 15.0 Å². The van der Waals surface area contributed by atoms with E-state index in [1.165, 1.54) is 36.9 Å². The van der Waals surface area contributed by atoms with Gasteiger partial charge in [0, 0.05) is 36.1 Å². The second-order valence-corrected chi connectivity index (χ2v) is 11.5. The summed E-state index contributed by atoms with van der Waals surface area (Å²) in [5.74, 6) is -1.62. The number of halogens is 2. The van der Waals surface area contributed by atoms with E-state index in [1.807, 2.05) is 4.90 Å². The third kappa shape index (κ3) is 6.03. The summed E-state index contributed by atoms with van der Waals surface area (Å²) in [6, 6.07) is 3.36. The highest BCUT2D eigenvalue weighted by Gasteiger charge is 2.27. The second-order valence-electron chi connectivity index (χ2n) is 10.0. The maximum Gasteiger partial charge on any atom is 0.306 e. The summed E-state index contributed by atoms with van der Waals surface area (Å²) in [6.45, 7) is 4.87. The molecule has 10 nitrogen and oxygen atoms in total. The van der Waals surface area contributed by atoms with Gasteiger partial charge in [-0.05, 0) is 51.3 Å².